The Balaban J connectivity index is 1.88. The second kappa shape index (κ2) is 6.60. The van der Waals surface area contributed by atoms with Gasteiger partial charge >= 0.3 is 6.09 Å². The zero-order valence-electron chi connectivity index (χ0n) is 11.8. The normalized spacial score (nSPS) is 12.2. The van der Waals surface area contributed by atoms with E-state index in [0.717, 1.165) is 15.8 Å². The van der Waals surface area contributed by atoms with Crippen LogP contribution < -0.4 is 5.73 Å². The van der Waals surface area contributed by atoms with Crippen LogP contribution in [0.15, 0.2) is 60.7 Å². The van der Waals surface area contributed by atoms with Crippen molar-refractivity contribution in [1.82, 2.24) is 0 Å². The molecule has 0 aliphatic rings. The minimum Gasteiger partial charge on any atom is -0.333 e. The molecule has 1 unspecified atom stereocenters. The molecule has 22 heavy (non-hydrogen) atoms. The molecule has 112 valence electrons. The van der Waals surface area contributed by atoms with Gasteiger partial charge in [0.2, 0.25) is 0 Å². The largest absolute Gasteiger partial charge is 0.436 e. The third-order valence-corrected chi connectivity index (χ3v) is 4.48. The average molecular weight is 313 g/mol. The topological polar surface area (TPSA) is 61.6 Å². The van der Waals surface area contributed by atoms with Gasteiger partial charge in [0.1, 0.15) is 6.10 Å². The second-order valence-electron chi connectivity index (χ2n) is 4.86. The highest BCUT2D eigenvalue weighted by molar-refractivity contribution is 7.19. The van der Waals surface area contributed by atoms with E-state index in [1.165, 1.54) is 4.70 Å². The van der Waals surface area contributed by atoms with E-state index in [0.29, 0.717) is 6.42 Å². The molecule has 1 atom stereocenters. The summed E-state index contributed by atoms with van der Waals surface area (Å²) in [4.78, 5) is 21.7. The number of fused-ring (bicyclic) bond motifs is 1. The summed E-state index contributed by atoms with van der Waals surface area (Å²) >= 11 is 1.62. The van der Waals surface area contributed by atoms with Gasteiger partial charge in [-0.3, -0.25) is 4.89 Å². The van der Waals surface area contributed by atoms with Gasteiger partial charge < -0.3 is 5.73 Å². The highest BCUT2D eigenvalue weighted by Crippen LogP contribution is 2.33. The highest BCUT2D eigenvalue weighted by Gasteiger charge is 2.19. The molecule has 1 aromatic heterocycles. The lowest BCUT2D eigenvalue weighted by molar-refractivity contribution is -0.273. The first kappa shape index (κ1) is 14.6. The number of carbonyl (C=O) groups is 1. The SMILES string of the molecule is NC(=O)OOC(Cc1ccccc1)c1cc2ccccc2s1. The fraction of sp³-hybridized carbons (Fsp3) is 0.118. The molecule has 3 aromatic rings. The van der Waals surface area contributed by atoms with Crippen LogP contribution in [0.1, 0.15) is 16.5 Å². The molecule has 1 heterocycles. The van der Waals surface area contributed by atoms with E-state index >= 15 is 0 Å². The zero-order valence-corrected chi connectivity index (χ0v) is 12.6. The number of carbonyl (C=O) groups excluding carboxylic acids is 1. The Labute approximate surface area is 132 Å². The zero-order chi connectivity index (χ0) is 15.4. The van der Waals surface area contributed by atoms with Crippen molar-refractivity contribution in [1.29, 1.82) is 0 Å². The van der Waals surface area contributed by atoms with Gasteiger partial charge in [-0.1, -0.05) is 48.5 Å². The van der Waals surface area contributed by atoms with Gasteiger partial charge in [-0.05, 0) is 23.1 Å². The quantitative estimate of drug-likeness (QED) is 0.567. The predicted octanol–water partition coefficient (Wildman–Crippen LogP) is 4.21. The van der Waals surface area contributed by atoms with Gasteiger partial charge in [-0.2, -0.15) is 4.89 Å². The summed E-state index contributed by atoms with van der Waals surface area (Å²) in [5.41, 5.74) is 6.10. The van der Waals surface area contributed by atoms with Crippen molar-refractivity contribution in [3.63, 3.8) is 0 Å². The van der Waals surface area contributed by atoms with Crippen molar-refractivity contribution >= 4 is 27.5 Å². The van der Waals surface area contributed by atoms with E-state index in [2.05, 4.69) is 17.0 Å². The predicted molar refractivity (Wildman–Crippen MR) is 86.5 cm³/mol. The first-order chi connectivity index (χ1) is 10.7. The van der Waals surface area contributed by atoms with Crippen LogP contribution >= 0.6 is 11.3 Å². The van der Waals surface area contributed by atoms with E-state index in [1.807, 2.05) is 48.5 Å². The molecule has 0 aliphatic carbocycles. The van der Waals surface area contributed by atoms with Gasteiger partial charge in [0.15, 0.2) is 0 Å². The molecule has 5 heteroatoms. The minimum atomic E-state index is -0.945. The lowest BCUT2D eigenvalue weighted by Crippen LogP contribution is -2.16. The number of hydrogen-bond donors (Lipinski definition) is 1. The van der Waals surface area contributed by atoms with Crippen molar-refractivity contribution in [3.05, 3.63) is 71.1 Å². The Morgan fingerprint density at radius 3 is 2.55 bits per heavy atom. The third-order valence-electron chi connectivity index (χ3n) is 3.27. The van der Waals surface area contributed by atoms with Gasteiger partial charge in [0.25, 0.3) is 0 Å². The molecule has 1 amide bonds. The van der Waals surface area contributed by atoms with E-state index in [9.17, 15) is 4.79 Å². The summed E-state index contributed by atoms with van der Waals surface area (Å²) in [6, 6.07) is 20.0. The van der Waals surface area contributed by atoms with Crippen LogP contribution in [0.5, 0.6) is 0 Å². The molecule has 0 spiro atoms. The van der Waals surface area contributed by atoms with Crippen molar-refractivity contribution in [2.45, 2.75) is 12.5 Å². The number of thiophene rings is 1. The molecule has 4 nitrogen and oxygen atoms in total. The molecular formula is C17H15NO3S. The summed E-state index contributed by atoms with van der Waals surface area (Å²) in [5.74, 6) is 0. The van der Waals surface area contributed by atoms with Gasteiger partial charge in [-0.25, -0.2) is 4.79 Å². The van der Waals surface area contributed by atoms with Crippen molar-refractivity contribution in [2.75, 3.05) is 0 Å². The lowest BCUT2D eigenvalue weighted by Gasteiger charge is -2.14. The van der Waals surface area contributed by atoms with Gasteiger partial charge in [-0.15, -0.1) is 11.3 Å². The van der Waals surface area contributed by atoms with Gasteiger partial charge in [0.05, 0.1) is 0 Å². The fourth-order valence-corrected chi connectivity index (χ4v) is 3.36. The summed E-state index contributed by atoms with van der Waals surface area (Å²) in [5, 5.41) is 1.14. The lowest BCUT2D eigenvalue weighted by atomic mass is 10.1. The number of amides is 1. The maximum Gasteiger partial charge on any atom is 0.436 e. The van der Waals surface area contributed by atoms with Crippen LogP contribution in [0.3, 0.4) is 0 Å². The molecule has 0 saturated heterocycles. The Hall–Kier alpha value is -2.37. The van der Waals surface area contributed by atoms with Crippen molar-refractivity contribution < 1.29 is 14.6 Å². The third kappa shape index (κ3) is 3.44. The number of primary amides is 1. The maximum absolute atomic E-state index is 10.8. The van der Waals surface area contributed by atoms with E-state index in [1.54, 1.807) is 11.3 Å². The molecule has 0 aliphatic heterocycles. The second-order valence-corrected chi connectivity index (χ2v) is 5.98. The number of benzene rings is 2. The van der Waals surface area contributed by atoms with E-state index in [4.69, 9.17) is 10.6 Å². The summed E-state index contributed by atoms with van der Waals surface area (Å²) in [7, 11) is 0. The van der Waals surface area contributed by atoms with Crippen molar-refractivity contribution in [2.24, 2.45) is 5.73 Å². The first-order valence-corrected chi connectivity index (χ1v) is 7.69. The molecule has 2 N–H and O–H groups in total. The van der Waals surface area contributed by atoms with E-state index in [-0.39, 0.29) is 6.10 Å². The van der Waals surface area contributed by atoms with Crippen molar-refractivity contribution in [3.8, 4) is 0 Å². The van der Waals surface area contributed by atoms with Crippen LogP contribution in [-0.4, -0.2) is 6.09 Å². The molecule has 0 bridgehead atoms. The monoisotopic (exact) mass is 313 g/mol. The smallest absolute Gasteiger partial charge is 0.333 e. The fourth-order valence-electron chi connectivity index (χ4n) is 2.28. The van der Waals surface area contributed by atoms with Gasteiger partial charge in [0, 0.05) is 16.0 Å². The Bertz CT molecular complexity index is 737. The Kier molecular flexibility index (Phi) is 4.37. The van der Waals surface area contributed by atoms with Crippen LogP contribution in [0.25, 0.3) is 10.1 Å². The minimum absolute atomic E-state index is 0.382. The molecule has 0 radical (unpaired) electrons. The highest BCUT2D eigenvalue weighted by atomic mass is 32.1. The molecule has 0 fully saturated rings. The molecular weight excluding hydrogens is 298 g/mol. The van der Waals surface area contributed by atoms with Crippen LogP contribution in [0.2, 0.25) is 0 Å². The summed E-state index contributed by atoms with van der Waals surface area (Å²) in [6.07, 6.45) is -0.729. The summed E-state index contributed by atoms with van der Waals surface area (Å²) < 4.78 is 1.17. The molecule has 0 saturated carbocycles. The molecule has 2 aromatic carbocycles. The van der Waals surface area contributed by atoms with Crippen LogP contribution in [0.4, 0.5) is 4.79 Å². The summed E-state index contributed by atoms with van der Waals surface area (Å²) in [6.45, 7) is 0. The van der Waals surface area contributed by atoms with E-state index < -0.39 is 6.09 Å². The average Bonchev–Trinajstić information content (AvgIpc) is 2.96. The molecule has 3 rings (SSSR count). The maximum atomic E-state index is 10.8. The standard InChI is InChI=1S/C17H15NO3S/c18-17(19)21-20-14(10-12-6-2-1-3-7-12)16-11-13-8-4-5-9-15(13)22-16/h1-9,11,14H,10H2,(H2,18,19). The van der Waals surface area contributed by atoms with Crippen LogP contribution in [-0.2, 0) is 16.2 Å². The number of nitrogens with two attached hydrogens (primary N) is 1. The van der Waals surface area contributed by atoms with Crippen LogP contribution in [0, 0.1) is 0 Å². The first-order valence-electron chi connectivity index (χ1n) is 6.87. The number of hydrogen-bond acceptors (Lipinski definition) is 4. The number of rotatable bonds is 5. The Morgan fingerprint density at radius 2 is 1.82 bits per heavy atom. The Morgan fingerprint density at radius 1 is 1.09 bits per heavy atom.